The highest BCUT2D eigenvalue weighted by Crippen LogP contribution is 2.38. The minimum Gasteiger partial charge on any atom is -0.316 e. The Kier molecular flexibility index (Phi) is 4.82. The molecule has 1 nitrogen and oxygen atoms in total. The first-order chi connectivity index (χ1) is 8.65. The van der Waals surface area contributed by atoms with Crippen molar-refractivity contribution in [3.63, 3.8) is 0 Å². The van der Waals surface area contributed by atoms with Gasteiger partial charge in [0.25, 0.3) is 0 Å². The highest BCUT2D eigenvalue weighted by atomic mass is 14.9. The fraction of sp³-hybridized carbons (Fsp3) is 0.647. The standard InChI is InChI=1S/C17H27N/c1-13(2)11-18-12-17(16-8-9-16)10-15-6-4-14(3)5-7-15/h4-7,13,16-18H,8-12H2,1-3H3. The van der Waals surface area contributed by atoms with Crippen LogP contribution in [0.4, 0.5) is 0 Å². The molecule has 1 aliphatic rings. The van der Waals surface area contributed by atoms with E-state index in [1.807, 2.05) is 0 Å². The van der Waals surface area contributed by atoms with Crippen LogP contribution in [0.15, 0.2) is 24.3 Å². The van der Waals surface area contributed by atoms with Crippen molar-refractivity contribution in [2.24, 2.45) is 17.8 Å². The summed E-state index contributed by atoms with van der Waals surface area (Å²) in [5, 5.41) is 3.64. The van der Waals surface area contributed by atoms with Gasteiger partial charge in [-0.25, -0.2) is 0 Å². The van der Waals surface area contributed by atoms with Gasteiger partial charge >= 0.3 is 0 Å². The molecule has 1 aromatic rings. The summed E-state index contributed by atoms with van der Waals surface area (Å²) >= 11 is 0. The Morgan fingerprint density at radius 1 is 1.11 bits per heavy atom. The van der Waals surface area contributed by atoms with E-state index in [4.69, 9.17) is 0 Å². The Bertz CT molecular complexity index is 348. The quantitative estimate of drug-likeness (QED) is 0.770. The molecule has 0 spiro atoms. The van der Waals surface area contributed by atoms with Crippen molar-refractivity contribution in [3.05, 3.63) is 35.4 Å². The zero-order chi connectivity index (χ0) is 13.0. The molecule has 2 rings (SSSR count). The van der Waals surface area contributed by atoms with Gasteiger partial charge in [-0.3, -0.25) is 0 Å². The van der Waals surface area contributed by atoms with E-state index in [0.717, 1.165) is 24.3 Å². The lowest BCUT2D eigenvalue weighted by molar-refractivity contribution is 0.408. The molecule has 0 aromatic heterocycles. The molecular weight excluding hydrogens is 218 g/mol. The van der Waals surface area contributed by atoms with E-state index < -0.39 is 0 Å². The fourth-order valence-electron chi connectivity index (χ4n) is 2.56. The van der Waals surface area contributed by atoms with E-state index in [2.05, 4.69) is 50.4 Å². The predicted molar refractivity (Wildman–Crippen MR) is 78.8 cm³/mol. The van der Waals surface area contributed by atoms with E-state index in [1.165, 1.54) is 36.9 Å². The van der Waals surface area contributed by atoms with Crippen molar-refractivity contribution in [2.75, 3.05) is 13.1 Å². The zero-order valence-electron chi connectivity index (χ0n) is 12.1. The minimum atomic E-state index is 0.754. The lowest BCUT2D eigenvalue weighted by Gasteiger charge is -2.18. The summed E-state index contributed by atoms with van der Waals surface area (Å²) in [4.78, 5) is 0. The largest absolute Gasteiger partial charge is 0.316 e. The molecular formula is C17H27N. The van der Waals surface area contributed by atoms with Gasteiger partial charge in [0.1, 0.15) is 0 Å². The third kappa shape index (κ3) is 4.45. The first kappa shape index (κ1) is 13.6. The number of rotatable bonds is 7. The number of nitrogens with one attached hydrogen (secondary N) is 1. The summed E-state index contributed by atoms with van der Waals surface area (Å²) in [5.41, 5.74) is 2.86. The summed E-state index contributed by atoms with van der Waals surface area (Å²) in [6, 6.07) is 9.07. The number of benzene rings is 1. The molecule has 1 aromatic carbocycles. The second kappa shape index (κ2) is 6.38. The molecule has 0 aliphatic heterocycles. The highest BCUT2D eigenvalue weighted by molar-refractivity contribution is 5.22. The first-order valence-electron chi connectivity index (χ1n) is 7.41. The van der Waals surface area contributed by atoms with Crippen molar-refractivity contribution in [3.8, 4) is 0 Å². The molecule has 1 fully saturated rings. The van der Waals surface area contributed by atoms with E-state index >= 15 is 0 Å². The van der Waals surface area contributed by atoms with Crippen LogP contribution in [0, 0.1) is 24.7 Å². The van der Waals surface area contributed by atoms with Crippen LogP contribution in [0.3, 0.4) is 0 Å². The van der Waals surface area contributed by atoms with Crippen LogP contribution < -0.4 is 5.32 Å². The van der Waals surface area contributed by atoms with Crippen molar-refractivity contribution >= 4 is 0 Å². The molecule has 0 saturated heterocycles. The lowest BCUT2D eigenvalue weighted by atomic mass is 9.94. The van der Waals surface area contributed by atoms with E-state index in [1.54, 1.807) is 0 Å². The maximum Gasteiger partial charge on any atom is -0.00146 e. The van der Waals surface area contributed by atoms with Crippen molar-refractivity contribution < 1.29 is 0 Å². The summed E-state index contributed by atoms with van der Waals surface area (Å²) in [5.74, 6) is 2.57. The Labute approximate surface area is 112 Å². The molecule has 0 radical (unpaired) electrons. The van der Waals surface area contributed by atoms with Crippen molar-refractivity contribution in [1.29, 1.82) is 0 Å². The normalized spacial score (nSPS) is 17.1. The molecule has 0 heterocycles. The Hall–Kier alpha value is -0.820. The molecule has 1 N–H and O–H groups in total. The zero-order valence-corrected chi connectivity index (χ0v) is 12.1. The summed E-state index contributed by atoms with van der Waals surface area (Å²) < 4.78 is 0. The van der Waals surface area contributed by atoms with Gasteiger partial charge in [-0.15, -0.1) is 0 Å². The SMILES string of the molecule is Cc1ccc(CC(CNCC(C)C)C2CC2)cc1. The Morgan fingerprint density at radius 3 is 2.33 bits per heavy atom. The smallest absolute Gasteiger partial charge is 0.00146 e. The average Bonchev–Trinajstić information content (AvgIpc) is 3.14. The summed E-state index contributed by atoms with van der Waals surface area (Å²) in [6.07, 6.45) is 4.13. The average molecular weight is 245 g/mol. The van der Waals surface area contributed by atoms with Crippen LogP contribution in [0.5, 0.6) is 0 Å². The molecule has 0 amide bonds. The third-order valence-corrected chi connectivity index (χ3v) is 3.87. The van der Waals surface area contributed by atoms with Gasteiger partial charge in [0, 0.05) is 0 Å². The molecule has 1 saturated carbocycles. The van der Waals surface area contributed by atoms with Gasteiger partial charge in [0.05, 0.1) is 0 Å². The van der Waals surface area contributed by atoms with Crippen LogP contribution >= 0.6 is 0 Å². The molecule has 1 atom stereocenters. The molecule has 0 bridgehead atoms. The van der Waals surface area contributed by atoms with Crippen molar-refractivity contribution in [2.45, 2.75) is 40.0 Å². The monoisotopic (exact) mass is 245 g/mol. The Balaban J connectivity index is 1.84. The first-order valence-corrected chi connectivity index (χ1v) is 7.41. The van der Waals surface area contributed by atoms with Crippen LogP contribution in [-0.2, 0) is 6.42 Å². The molecule has 1 unspecified atom stereocenters. The lowest BCUT2D eigenvalue weighted by Crippen LogP contribution is -2.28. The van der Waals surface area contributed by atoms with Gasteiger partial charge in [-0.05, 0) is 62.6 Å². The van der Waals surface area contributed by atoms with Crippen LogP contribution in [-0.4, -0.2) is 13.1 Å². The van der Waals surface area contributed by atoms with Crippen molar-refractivity contribution in [1.82, 2.24) is 5.32 Å². The predicted octanol–water partition coefficient (Wildman–Crippen LogP) is 3.81. The number of hydrogen-bond acceptors (Lipinski definition) is 1. The topological polar surface area (TPSA) is 12.0 Å². The summed E-state index contributed by atoms with van der Waals surface area (Å²) in [7, 11) is 0. The van der Waals surface area contributed by atoms with Gasteiger partial charge in [-0.1, -0.05) is 43.7 Å². The van der Waals surface area contributed by atoms with Crippen LogP contribution in [0.1, 0.15) is 37.8 Å². The minimum absolute atomic E-state index is 0.754. The number of hydrogen-bond donors (Lipinski definition) is 1. The van der Waals surface area contributed by atoms with Gasteiger partial charge in [-0.2, -0.15) is 0 Å². The maximum atomic E-state index is 3.64. The maximum absolute atomic E-state index is 3.64. The van der Waals surface area contributed by atoms with Crippen LogP contribution in [0.2, 0.25) is 0 Å². The second-order valence-corrected chi connectivity index (χ2v) is 6.34. The molecule has 18 heavy (non-hydrogen) atoms. The molecule has 1 aliphatic carbocycles. The molecule has 100 valence electrons. The van der Waals surface area contributed by atoms with Crippen LogP contribution in [0.25, 0.3) is 0 Å². The van der Waals surface area contributed by atoms with E-state index in [9.17, 15) is 0 Å². The molecule has 1 heteroatoms. The van der Waals surface area contributed by atoms with Gasteiger partial charge in [0.2, 0.25) is 0 Å². The van der Waals surface area contributed by atoms with Gasteiger partial charge < -0.3 is 5.32 Å². The third-order valence-electron chi connectivity index (χ3n) is 3.87. The second-order valence-electron chi connectivity index (χ2n) is 6.34. The van der Waals surface area contributed by atoms with E-state index in [0.29, 0.717) is 0 Å². The Morgan fingerprint density at radius 2 is 1.78 bits per heavy atom. The highest BCUT2D eigenvalue weighted by Gasteiger charge is 2.30. The van der Waals surface area contributed by atoms with E-state index in [-0.39, 0.29) is 0 Å². The van der Waals surface area contributed by atoms with Gasteiger partial charge in [0.15, 0.2) is 0 Å². The summed E-state index contributed by atoms with van der Waals surface area (Å²) in [6.45, 7) is 9.05. The number of aryl methyl sites for hydroxylation is 1. The fourth-order valence-corrected chi connectivity index (χ4v) is 2.56.